The lowest BCUT2D eigenvalue weighted by atomic mass is 10.4. The van der Waals surface area contributed by atoms with Gasteiger partial charge in [-0.1, -0.05) is 0 Å². The Morgan fingerprint density at radius 2 is 2.36 bits per heavy atom. The molecule has 1 heterocycles. The molecule has 0 aliphatic heterocycles. The number of nitrogens with zero attached hydrogens (tertiary/aromatic N) is 1. The Bertz CT molecular complexity index is 199. The fraction of sp³-hybridized carbons (Fsp3) is 0.375. The maximum atomic E-state index is 4.00. The van der Waals surface area contributed by atoms with Crippen LogP contribution >= 0.6 is 11.9 Å². The molecule has 1 aromatic heterocycles. The number of pyridine rings is 1. The van der Waals surface area contributed by atoms with Crippen LogP contribution in [0.2, 0.25) is 0 Å². The molecule has 1 aromatic rings. The van der Waals surface area contributed by atoms with Crippen molar-refractivity contribution < 1.29 is 0 Å². The Balaban J connectivity index is 2.39. The normalized spacial score (nSPS) is 10.5. The van der Waals surface area contributed by atoms with Crippen LogP contribution in [0.5, 0.6) is 0 Å². The lowest BCUT2D eigenvalue weighted by Gasteiger charge is -2.05. The first-order valence-corrected chi connectivity index (χ1v) is 4.43. The summed E-state index contributed by atoms with van der Waals surface area (Å²) < 4.78 is 3.24. The van der Waals surface area contributed by atoms with Gasteiger partial charge in [0.15, 0.2) is 0 Å². The molecule has 11 heavy (non-hydrogen) atoms. The van der Waals surface area contributed by atoms with E-state index in [1.54, 1.807) is 18.1 Å². The van der Waals surface area contributed by atoms with Gasteiger partial charge in [-0.05, 0) is 37.9 Å². The summed E-state index contributed by atoms with van der Waals surface area (Å²) in [5.41, 5.74) is 0. The average molecular weight is 168 g/mol. The Hall–Kier alpha value is -0.540. The highest BCUT2D eigenvalue weighted by atomic mass is 32.2. The molecule has 0 spiro atoms. The molecule has 1 N–H and O–H groups in total. The number of nitrogens with one attached hydrogen (secondary N) is 1. The summed E-state index contributed by atoms with van der Waals surface area (Å²) in [6, 6.07) is 4.47. The minimum atomic E-state index is 0.500. The topological polar surface area (TPSA) is 24.9 Å². The third-order valence-electron chi connectivity index (χ3n) is 1.05. The highest BCUT2D eigenvalue weighted by molar-refractivity contribution is 7.97. The van der Waals surface area contributed by atoms with E-state index in [0.717, 1.165) is 4.90 Å². The summed E-state index contributed by atoms with van der Waals surface area (Å²) in [4.78, 5) is 5.16. The first-order chi connectivity index (χ1) is 5.29. The van der Waals surface area contributed by atoms with Crippen molar-refractivity contribution in [2.45, 2.75) is 24.8 Å². The Labute approximate surface area is 71.6 Å². The quantitative estimate of drug-likeness (QED) is 0.699. The van der Waals surface area contributed by atoms with Crippen molar-refractivity contribution in [2.24, 2.45) is 0 Å². The first-order valence-electron chi connectivity index (χ1n) is 3.61. The minimum Gasteiger partial charge on any atom is -0.264 e. The Morgan fingerprint density at radius 3 is 2.91 bits per heavy atom. The molecule has 0 aliphatic rings. The van der Waals surface area contributed by atoms with Gasteiger partial charge in [-0.25, -0.2) is 0 Å². The van der Waals surface area contributed by atoms with E-state index in [1.807, 2.05) is 18.3 Å². The Kier molecular flexibility index (Phi) is 3.39. The lowest BCUT2D eigenvalue weighted by molar-refractivity contribution is 0.771. The van der Waals surface area contributed by atoms with E-state index < -0.39 is 0 Å². The summed E-state index contributed by atoms with van der Waals surface area (Å²) in [5.74, 6) is 0. The van der Waals surface area contributed by atoms with Gasteiger partial charge in [0, 0.05) is 23.3 Å². The number of aromatic nitrogens is 1. The first kappa shape index (κ1) is 8.56. The number of hydrogen-bond acceptors (Lipinski definition) is 3. The molecule has 0 unspecified atom stereocenters. The second-order valence-electron chi connectivity index (χ2n) is 2.56. The summed E-state index contributed by atoms with van der Waals surface area (Å²) in [6.45, 7) is 4.23. The fourth-order valence-electron chi connectivity index (χ4n) is 0.593. The molecule has 0 saturated heterocycles. The zero-order valence-electron chi connectivity index (χ0n) is 6.74. The lowest BCUT2D eigenvalue weighted by Crippen LogP contribution is -2.13. The summed E-state index contributed by atoms with van der Waals surface area (Å²) in [7, 11) is 0. The van der Waals surface area contributed by atoms with Crippen LogP contribution in [-0.2, 0) is 0 Å². The molecule has 0 amide bonds. The van der Waals surface area contributed by atoms with Crippen LogP contribution in [0.4, 0.5) is 0 Å². The standard InChI is InChI=1S/C8H12N2S/c1-7(2)10-11-8-4-3-5-9-6-8/h3-7,10H,1-2H3. The predicted octanol–water partition coefficient (Wildman–Crippen LogP) is 2.09. The molecular formula is C8H12N2S. The fourth-order valence-corrected chi connectivity index (χ4v) is 1.23. The third kappa shape index (κ3) is 3.39. The van der Waals surface area contributed by atoms with Gasteiger partial charge in [0.2, 0.25) is 0 Å². The number of hydrogen-bond donors (Lipinski definition) is 1. The molecule has 0 bridgehead atoms. The summed E-state index contributed by atoms with van der Waals surface area (Å²) in [5, 5.41) is 0. The van der Waals surface area contributed by atoms with E-state index in [1.165, 1.54) is 0 Å². The molecule has 0 atom stereocenters. The molecule has 3 heteroatoms. The van der Waals surface area contributed by atoms with Gasteiger partial charge < -0.3 is 0 Å². The highest BCUT2D eigenvalue weighted by Crippen LogP contribution is 2.11. The van der Waals surface area contributed by atoms with Gasteiger partial charge in [-0.2, -0.15) is 0 Å². The Morgan fingerprint density at radius 1 is 1.55 bits per heavy atom. The van der Waals surface area contributed by atoms with Crippen molar-refractivity contribution in [3.8, 4) is 0 Å². The molecule has 60 valence electrons. The van der Waals surface area contributed by atoms with E-state index >= 15 is 0 Å². The molecular weight excluding hydrogens is 156 g/mol. The summed E-state index contributed by atoms with van der Waals surface area (Å²) >= 11 is 1.62. The van der Waals surface area contributed by atoms with Crippen molar-refractivity contribution in [3.05, 3.63) is 24.5 Å². The number of rotatable bonds is 3. The highest BCUT2D eigenvalue weighted by Gasteiger charge is 1.93. The van der Waals surface area contributed by atoms with Crippen LogP contribution in [0, 0.1) is 0 Å². The van der Waals surface area contributed by atoms with Gasteiger partial charge in [0.25, 0.3) is 0 Å². The maximum absolute atomic E-state index is 4.00. The predicted molar refractivity (Wildman–Crippen MR) is 48.4 cm³/mol. The van der Waals surface area contributed by atoms with Gasteiger partial charge >= 0.3 is 0 Å². The van der Waals surface area contributed by atoms with E-state index in [4.69, 9.17) is 0 Å². The van der Waals surface area contributed by atoms with Crippen molar-refractivity contribution in [1.29, 1.82) is 0 Å². The van der Waals surface area contributed by atoms with Crippen LogP contribution in [0.3, 0.4) is 0 Å². The molecule has 0 radical (unpaired) electrons. The molecule has 0 aromatic carbocycles. The maximum Gasteiger partial charge on any atom is 0.0417 e. The van der Waals surface area contributed by atoms with Crippen LogP contribution in [0.1, 0.15) is 13.8 Å². The van der Waals surface area contributed by atoms with Gasteiger partial charge in [0.1, 0.15) is 0 Å². The zero-order valence-corrected chi connectivity index (χ0v) is 7.56. The van der Waals surface area contributed by atoms with Crippen LogP contribution in [0.25, 0.3) is 0 Å². The average Bonchev–Trinajstić information content (AvgIpc) is 2.03. The smallest absolute Gasteiger partial charge is 0.0417 e. The van der Waals surface area contributed by atoms with Crippen molar-refractivity contribution in [2.75, 3.05) is 0 Å². The summed E-state index contributed by atoms with van der Waals surface area (Å²) in [6.07, 6.45) is 3.62. The third-order valence-corrected chi connectivity index (χ3v) is 2.11. The molecule has 0 fully saturated rings. The molecule has 0 aliphatic carbocycles. The van der Waals surface area contributed by atoms with Crippen LogP contribution < -0.4 is 4.72 Å². The van der Waals surface area contributed by atoms with E-state index in [0.29, 0.717) is 6.04 Å². The van der Waals surface area contributed by atoms with Gasteiger partial charge in [0.05, 0.1) is 0 Å². The van der Waals surface area contributed by atoms with Gasteiger partial charge in [-0.15, -0.1) is 0 Å². The van der Waals surface area contributed by atoms with Crippen LogP contribution in [-0.4, -0.2) is 11.0 Å². The van der Waals surface area contributed by atoms with Gasteiger partial charge in [-0.3, -0.25) is 9.71 Å². The minimum absolute atomic E-state index is 0.500. The SMILES string of the molecule is CC(C)NSc1cccnc1. The van der Waals surface area contributed by atoms with Crippen molar-refractivity contribution >= 4 is 11.9 Å². The second-order valence-corrected chi connectivity index (χ2v) is 3.47. The molecule has 0 saturated carbocycles. The zero-order chi connectivity index (χ0) is 8.10. The van der Waals surface area contributed by atoms with E-state index in [9.17, 15) is 0 Å². The van der Waals surface area contributed by atoms with Crippen molar-refractivity contribution in [3.63, 3.8) is 0 Å². The molecule has 2 nitrogen and oxygen atoms in total. The van der Waals surface area contributed by atoms with E-state index in [2.05, 4.69) is 23.6 Å². The van der Waals surface area contributed by atoms with Crippen molar-refractivity contribution in [1.82, 2.24) is 9.71 Å². The monoisotopic (exact) mass is 168 g/mol. The second kappa shape index (κ2) is 4.36. The largest absolute Gasteiger partial charge is 0.264 e. The molecule has 1 rings (SSSR count). The van der Waals surface area contributed by atoms with E-state index in [-0.39, 0.29) is 0 Å². The van der Waals surface area contributed by atoms with Crippen LogP contribution in [0.15, 0.2) is 29.4 Å².